The van der Waals surface area contributed by atoms with Crippen molar-refractivity contribution in [2.45, 2.75) is 6.61 Å². The van der Waals surface area contributed by atoms with E-state index in [1.54, 1.807) is 48.6 Å². The maximum atomic E-state index is 12.4. The highest BCUT2D eigenvalue weighted by Gasteiger charge is 2.12. The lowest BCUT2D eigenvalue weighted by atomic mass is 10.1. The quantitative estimate of drug-likeness (QED) is 0.453. The van der Waals surface area contributed by atoms with Crippen LogP contribution < -0.4 is 9.47 Å². The van der Waals surface area contributed by atoms with Crippen LogP contribution in [0.15, 0.2) is 48.5 Å². The fourth-order valence-corrected chi connectivity index (χ4v) is 2.57. The molecule has 0 amide bonds. The molecular weight excluding hydrogens is 358 g/mol. The van der Waals surface area contributed by atoms with Gasteiger partial charge in [0.25, 0.3) is 5.69 Å². The average Bonchev–Trinajstić information content (AvgIpc) is 2.65. The minimum Gasteiger partial charge on any atom is -0.493 e. The number of methoxy groups -OCH3 is 1. The van der Waals surface area contributed by atoms with Crippen LogP contribution in [-0.2, 0) is 0 Å². The molecule has 0 radical (unpaired) electrons. The van der Waals surface area contributed by atoms with E-state index >= 15 is 0 Å². The lowest BCUT2D eigenvalue weighted by Crippen LogP contribution is -2.03. The summed E-state index contributed by atoms with van der Waals surface area (Å²) in [5.74, 6) is 0.125. The molecule has 3 rings (SSSR count). The molecule has 0 aliphatic carbocycles. The van der Waals surface area contributed by atoms with Gasteiger partial charge in [0.1, 0.15) is 0 Å². The van der Waals surface area contributed by atoms with Crippen molar-refractivity contribution in [3.8, 4) is 11.5 Å². The van der Waals surface area contributed by atoms with Gasteiger partial charge in [0.15, 0.2) is 11.5 Å². The standard InChI is InChI=1S/C19H14F2N2O4/c1-26-18-11-12(6-10-17(18)27-19(20)21)5-7-13-8-9-14-15(22-13)3-2-4-16(14)23(24)25/h2-11,19H,1H3/b7-5+. The Balaban J connectivity index is 1.88. The highest BCUT2D eigenvalue weighted by atomic mass is 19.3. The van der Waals surface area contributed by atoms with Crippen LogP contribution in [0.3, 0.4) is 0 Å². The third-order valence-electron chi connectivity index (χ3n) is 3.78. The zero-order chi connectivity index (χ0) is 19.4. The summed E-state index contributed by atoms with van der Waals surface area (Å²) >= 11 is 0. The maximum Gasteiger partial charge on any atom is 0.387 e. The highest BCUT2D eigenvalue weighted by Crippen LogP contribution is 2.30. The van der Waals surface area contributed by atoms with Gasteiger partial charge in [-0.05, 0) is 42.0 Å². The molecule has 138 valence electrons. The number of benzene rings is 2. The normalized spacial score (nSPS) is 11.3. The van der Waals surface area contributed by atoms with E-state index in [-0.39, 0.29) is 17.2 Å². The third-order valence-corrected chi connectivity index (χ3v) is 3.78. The van der Waals surface area contributed by atoms with E-state index in [0.29, 0.717) is 22.2 Å². The summed E-state index contributed by atoms with van der Waals surface area (Å²) in [6.07, 6.45) is 3.43. The number of pyridine rings is 1. The lowest BCUT2D eigenvalue weighted by molar-refractivity contribution is -0.383. The number of hydrogen-bond acceptors (Lipinski definition) is 5. The van der Waals surface area contributed by atoms with Crippen molar-refractivity contribution in [2.24, 2.45) is 0 Å². The van der Waals surface area contributed by atoms with Crippen molar-refractivity contribution < 1.29 is 23.2 Å². The number of nitro groups is 1. The minimum atomic E-state index is -2.94. The summed E-state index contributed by atoms with van der Waals surface area (Å²) in [6, 6.07) is 12.5. The summed E-state index contributed by atoms with van der Waals surface area (Å²) in [4.78, 5) is 15.0. The highest BCUT2D eigenvalue weighted by molar-refractivity contribution is 5.89. The van der Waals surface area contributed by atoms with Gasteiger partial charge < -0.3 is 9.47 Å². The second kappa shape index (κ2) is 7.77. The summed E-state index contributed by atoms with van der Waals surface area (Å²) in [6.45, 7) is -2.94. The van der Waals surface area contributed by atoms with Crippen LogP contribution in [0.25, 0.3) is 23.1 Å². The van der Waals surface area contributed by atoms with Gasteiger partial charge in [0.2, 0.25) is 0 Å². The average molecular weight is 372 g/mol. The zero-order valence-corrected chi connectivity index (χ0v) is 14.1. The van der Waals surface area contributed by atoms with Gasteiger partial charge in [-0.25, -0.2) is 4.98 Å². The first kappa shape index (κ1) is 18.2. The van der Waals surface area contributed by atoms with Crippen LogP contribution in [0.5, 0.6) is 11.5 Å². The van der Waals surface area contributed by atoms with E-state index in [4.69, 9.17) is 4.74 Å². The van der Waals surface area contributed by atoms with E-state index in [0.717, 1.165) is 0 Å². The number of alkyl halides is 2. The Hall–Kier alpha value is -3.55. The van der Waals surface area contributed by atoms with Crippen molar-refractivity contribution in [1.82, 2.24) is 4.98 Å². The molecule has 0 unspecified atom stereocenters. The fourth-order valence-electron chi connectivity index (χ4n) is 2.57. The molecule has 0 spiro atoms. The molecule has 2 aromatic carbocycles. The predicted octanol–water partition coefficient (Wildman–Crippen LogP) is 4.92. The molecular formula is C19H14F2N2O4. The van der Waals surface area contributed by atoms with Gasteiger partial charge in [0, 0.05) is 6.07 Å². The van der Waals surface area contributed by atoms with E-state index in [9.17, 15) is 18.9 Å². The first-order valence-electron chi connectivity index (χ1n) is 7.83. The number of nitro benzene ring substituents is 1. The topological polar surface area (TPSA) is 74.5 Å². The summed E-state index contributed by atoms with van der Waals surface area (Å²) in [5.41, 5.74) is 1.78. The first-order chi connectivity index (χ1) is 13.0. The summed E-state index contributed by atoms with van der Waals surface area (Å²) in [5, 5.41) is 11.5. The molecule has 0 N–H and O–H groups in total. The Morgan fingerprint density at radius 3 is 2.63 bits per heavy atom. The van der Waals surface area contributed by atoms with Crippen molar-refractivity contribution in [1.29, 1.82) is 0 Å². The van der Waals surface area contributed by atoms with Crippen LogP contribution in [0.2, 0.25) is 0 Å². The Labute approximate surface area is 152 Å². The monoisotopic (exact) mass is 372 g/mol. The predicted molar refractivity (Wildman–Crippen MR) is 97.0 cm³/mol. The number of halogens is 2. The molecule has 0 atom stereocenters. The van der Waals surface area contributed by atoms with Crippen LogP contribution in [0, 0.1) is 10.1 Å². The van der Waals surface area contributed by atoms with Crippen LogP contribution in [0.4, 0.5) is 14.5 Å². The van der Waals surface area contributed by atoms with Gasteiger partial charge in [-0.15, -0.1) is 0 Å². The second-order valence-electron chi connectivity index (χ2n) is 5.46. The van der Waals surface area contributed by atoms with Crippen LogP contribution in [0.1, 0.15) is 11.3 Å². The Morgan fingerprint density at radius 1 is 1.11 bits per heavy atom. The van der Waals surface area contributed by atoms with E-state index in [1.165, 1.54) is 19.2 Å². The number of hydrogen-bond donors (Lipinski definition) is 0. The number of fused-ring (bicyclic) bond motifs is 1. The third kappa shape index (κ3) is 4.17. The molecule has 0 fully saturated rings. The van der Waals surface area contributed by atoms with Gasteiger partial charge in [-0.2, -0.15) is 8.78 Å². The lowest BCUT2D eigenvalue weighted by Gasteiger charge is -2.10. The molecule has 6 nitrogen and oxygen atoms in total. The maximum absolute atomic E-state index is 12.4. The van der Waals surface area contributed by atoms with Gasteiger partial charge in [-0.3, -0.25) is 10.1 Å². The zero-order valence-electron chi connectivity index (χ0n) is 14.1. The fraction of sp³-hybridized carbons (Fsp3) is 0.105. The Bertz CT molecular complexity index is 1020. The first-order valence-corrected chi connectivity index (χ1v) is 7.83. The van der Waals surface area contributed by atoms with Crippen LogP contribution in [-0.4, -0.2) is 23.6 Å². The number of non-ortho nitro benzene ring substituents is 1. The number of aromatic nitrogens is 1. The number of nitrogens with zero attached hydrogens (tertiary/aromatic N) is 2. The van der Waals surface area contributed by atoms with Crippen molar-refractivity contribution in [2.75, 3.05) is 7.11 Å². The van der Waals surface area contributed by atoms with E-state index in [2.05, 4.69) is 9.72 Å². The largest absolute Gasteiger partial charge is 0.493 e. The van der Waals surface area contributed by atoms with Crippen molar-refractivity contribution in [3.63, 3.8) is 0 Å². The van der Waals surface area contributed by atoms with Crippen molar-refractivity contribution >= 4 is 28.7 Å². The van der Waals surface area contributed by atoms with Crippen LogP contribution >= 0.6 is 0 Å². The molecule has 0 saturated heterocycles. The minimum absolute atomic E-state index is 0.00474. The molecule has 1 heterocycles. The number of ether oxygens (including phenoxy) is 2. The summed E-state index contributed by atoms with van der Waals surface area (Å²) in [7, 11) is 1.36. The smallest absolute Gasteiger partial charge is 0.387 e. The SMILES string of the molecule is COc1cc(/C=C/c2ccc3c([N+](=O)[O-])cccc3n2)ccc1OC(F)F. The summed E-state index contributed by atoms with van der Waals surface area (Å²) < 4.78 is 34.2. The Morgan fingerprint density at radius 2 is 1.93 bits per heavy atom. The molecule has 3 aromatic rings. The van der Waals surface area contributed by atoms with Gasteiger partial charge in [-0.1, -0.05) is 18.2 Å². The van der Waals surface area contributed by atoms with Gasteiger partial charge >= 0.3 is 6.61 Å². The molecule has 1 aromatic heterocycles. The number of rotatable bonds is 6. The van der Waals surface area contributed by atoms with E-state index < -0.39 is 11.5 Å². The Kier molecular flexibility index (Phi) is 5.25. The molecule has 0 saturated carbocycles. The second-order valence-corrected chi connectivity index (χ2v) is 5.46. The van der Waals surface area contributed by atoms with Crippen molar-refractivity contribution in [3.05, 3.63) is 69.9 Å². The molecule has 8 heteroatoms. The van der Waals surface area contributed by atoms with E-state index in [1.807, 2.05) is 0 Å². The van der Waals surface area contributed by atoms with Gasteiger partial charge in [0.05, 0.1) is 28.6 Å². The molecule has 0 bridgehead atoms. The molecule has 0 aliphatic rings. The molecule has 27 heavy (non-hydrogen) atoms. The molecule has 0 aliphatic heterocycles.